The molecule has 1 atom stereocenters. The fraction of sp³-hybridized carbons (Fsp3) is 0.500. The van der Waals surface area contributed by atoms with E-state index in [4.69, 9.17) is 11.6 Å². The van der Waals surface area contributed by atoms with Gasteiger partial charge in [-0.15, -0.1) is 0 Å². The van der Waals surface area contributed by atoms with Crippen molar-refractivity contribution in [2.75, 3.05) is 7.05 Å². The van der Waals surface area contributed by atoms with Gasteiger partial charge in [0.15, 0.2) is 0 Å². The van der Waals surface area contributed by atoms with Gasteiger partial charge in [-0.2, -0.15) is 0 Å². The Hall–Kier alpha value is -0.860. The first-order valence-electron chi connectivity index (χ1n) is 6.15. The quantitative estimate of drug-likeness (QED) is 0.822. The Morgan fingerprint density at radius 2 is 2.12 bits per heavy atom. The van der Waals surface area contributed by atoms with Crippen LogP contribution in [-0.2, 0) is 11.3 Å². The monoisotopic (exact) mass is 251 g/mol. The van der Waals surface area contributed by atoms with Gasteiger partial charge in [-0.05, 0) is 31.5 Å². The number of nitrogens with zero attached hydrogens (tertiary/aromatic N) is 1. The molecular formula is C14H18ClNO. The molecule has 1 aliphatic rings. The van der Waals surface area contributed by atoms with E-state index in [1.807, 2.05) is 31.3 Å². The number of halogens is 1. The van der Waals surface area contributed by atoms with Crippen LogP contribution < -0.4 is 0 Å². The van der Waals surface area contributed by atoms with Gasteiger partial charge in [0.2, 0.25) is 0 Å². The summed E-state index contributed by atoms with van der Waals surface area (Å²) in [5.74, 6) is 0.380. The third-order valence-electron chi connectivity index (χ3n) is 3.43. The standard InChI is InChI=1S/C14H18ClNO/c1-16(13-8-4-5-9-14(13)17)10-11-6-2-3-7-12(11)15/h2-3,6-7,13H,4-5,8-10H2,1H3. The lowest BCUT2D eigenvalue weighted by Gasteiger charge is -2.30. The Kier molecular flexibility index (Phi) is 4.19. The van der Waals surface area contributed by atoms with Crippen LogP contribution in [0.25, 0.3) is 0 Å². The number of Topliss-reactive ketones (excluding diaryl/α,β-unsaturated/α-hetero) is 1. The molecule has 0 N–H and O–H groups in total. The molecule has 1 fully saturated rings. The van der Waals surface area contributed by atoms with Crippen LogP contribution in [0.4, 0.5) is 0 Å². The second kappa shape index (κ2) is 5.65. The maximum Gasteiger partial charge on any atom is 0.149 e. The molecule has 2 nitrogen and oxygen atoms in total. The van der Waals surface area contributed by atoms with Gasteiger partial charge in [0, 0.05) is 18.0 Å². The van der Waals surface area contributed by atoms with Crippen molar-refractivity contribution in [3.8, 4) is 0 Å². The summed E-state index contributed by atoms with van der Waals surface area (Å²) in [6, 6.07) is 7.91. The summed E-state index contributed by atoms with van der Waals surface area (Å²) in [5.41, 5.74) is 1.09. The van der Waals surface area contributed by atoms with Crippen LogP contribution in [0, 0.1) is 0 Å². The molecule has 0 saturated heterocycles. The molecule has 1 aromatic carbocycles. The second-order valence-corrected chi connectivity index (χ2v) is 5.14. The first kappa shape index (κ1) is 12.6. The van der Waals surface area contributed by atoms with E-state index >= 15 is 0 Å². The van der Waals surface area contributed by atoms with E-state index in [2.05, 4.69) is 4.90 Å². The van der Waals surface area contributed by atoms with Crippen LogP contribution in [0.1, 0.15) is 31.2 Å². The van der Waals surface area contributed by atoms with E-state index in [9.17, 15) is 4.79 Å². The summed E-state index contributed by atoms with van der Waals surface area (Å²) < 4.78 is 0. The zero-order chi connectivity index (χ0) is 12.3. The SMILES string of the molecule is CN(Cc1ccccc1Cl)C1CCCCC1=O. The van der Waals surface area contributed by atoms with Gasteiger partial charge in [0.05, 0.1) is 6.04 Å². The van der Waals surface area contributed by atoms with E-state index in [1.165, 1.54) is 0 Å². The zero-order valence-corrected chi connectivity index (χ0v) is 10.9. The van der Waals surface area contributed by atoms with Crippen molar-refractivity contribution in [2.24, 2.45) is 0 Å². The van der Waals surface area contributed by atoms with Crippen molar-refractivity contribution in [1.29, 1.82) is 0 Å². The third kappa shape index (κ3) is 3.08. The minimum Gasteiger partial charge on any atom is -0.298 e. The van der Waals surface area contributed by atoms with Crippen molar-refractivity contribution in [3.05, 3.63) is 34.9 Å². The minimum absolute atomic E-state index is 0.0834. The number of carbonyl (C=O) groups is 1. The number of ketones is 1. The molecule has 92 valence electrons. The van der Waals surface area contributed by atoms with Gasteiger partial charge >= 0.3 is 0 Å². The van der Waals surface area contributed by atoms with Gasteiger partial charge in [-0.1, -0.05) is 36.2 Å². The molecule has 2 rings (SSSR count). The summed E-state index contributed by atoms with van der Waals surface area (Å²) in [4.78, 5) is 14.0. The van der Waals surface area contributed by atoms with Crippen LogP contribution in [0.2, 0.25) is 5.02 Å². The highest BCUT2D eigenvalue weighted by Crippen LogP contribution is 2.22. The van der Waals surface area contributed by atoms with Crippen LogP contribution >= 0.6 is 11.6 Å². The summed E-state index contributed by atoms with van der Waals surface area (Å²) in [6.07, 6.45) is 3.93. The van der Waals surface area contributed by atoms with Crippen molar-refractivity contribution < 1.29 is 4.79 Å². The highest BCUT2D eigenvalue weighted by Gasteiger charge is 2.25. The molecular weight excluding hydrogens is 234 g/mol. The van der Waals surface area contributed by atoms with Gasteiger partial charge < -0.3 is 0 Å². The Labute approximate surface area is 108 Å². The lowest BCUT2D eigenvalue weighted by atomic mass is 9.93. The zero-order valence-electron chi connectivity index (χ0n) is 10.2. The molecule has 1 aromatic rings. The third-order valence-corrected chi connectivity index (χ3v) is 3.80. The number of benzene rings is 1. The Balaban J connectivity index is 2.03. The fourth-order valence-corrected chi connectivity index (χ4v) is 2.63. The van der Waals surface area contributed by atoms with Gasteiger partial charge in [-0.3, -0.25) is 9.69 Å². The van der Waals surface area contributed by atoms with Crippen molar-refractivity contribution >= 4 is 17.4 Å². The lowest BCUT2D eigenvalue weighted by molar-refractivity contribution is -0.125. The van der Waals surface area contributed by atoms with E-state index in [0.29, 0.717) is 5.78 Å². The predicted molar refractivity (Wildman–Crippen MR) is 70.2 cm³/mol. The van der Waals surface area contributed by atoms with Crippen LogP contribution in [0.5, 0.6) is 0 Å². The summed E-state index contributed by atoms with van der Waals surface area (Å²) >= 11 is 6.13. The molecule has 0 aromatic heterocycles. The summed E-state index contributed by atoms with van der Waals surface area (Å²) in [6.45, 7) is 0.746. The van der Waals surface area contributed by atoms with Crippen molar-refractivity contribution in [3.63, 3.8) is 0 Å². The van der Waals surface area contributed by atoms with E-state index in [1.54, 1.807) is 0 Å². The maximum absolute atomic E-state index is 11.8. The van der Waals surface area contributed by atoms with Crippen molar-refractivity contribution in [2.45, 2.75) is 38.3 Å². The molecule has 0 spiro atoms. The number of rotatable bonds is 3. The Morgan fingerprint density at radius 3 is 2.82 bits per heavy atom. The van der Waals surface area contributed by atoms with Crippen LogP contribution in [-0.4, -0.2) is 23.8 Å². The van der Waals surface area contributed by atoms with E-state index in [0.717, 1.165) is 42.8 Å². The molecule has 0 amide bonds. The molecule has 1 saturated carbocycles. The first-order valence-corrected chi connectivity index (χ1v) is 6.52. The van der Waals surface area contributed by atoms with Crippen molar-refractivity contribution in [1.82, 2.24) is 4.90 Å². The number of likely N-dealkylation sites (N-methyl/N-ethyl adjacent to an activating group) is 1. The second-order valence-electron chi connectivity index (χ2n) is 4.73. The summed E-state index contributed by atoms with van der Waals surface area (Å²) in [7, 11) is 2.01. The number of hydrogen-bond donors (Lipinski definition) is 0. The molecule has 0 aliphatic heterocycles. The molecule has 1 unspecified atom stereocenters. The molecule has 0 bridgehead atoms. The Bertz CT molecular complexity index is 405. The lowest BCUT2D eigenvalue weighted by Crippen LogP contribution is -2.39. The molecule has 3 heteroatoms. The van der Waals surface area contributed by atoms with Gasteiger partial charge in [0.1, 0.15) is 5.78 Å². The smallest absolute Gasteiger partial charge is 0.149 e. The van der Waals surface area contributed by atoms with Gasteiger partial charge in [0.25, 0.3) is 0 Å². The van der Waals surface area contributed by atoms with E-state index < -0.39 is 0 Å². The molecule has 0 radical (unpaired) electrons. The normalized spacial score (nSPS) is 20.9. The highest BCUT2D eigenvalue weighted by molar-refractivity contribution is 6.31. The van der Waals surface area contributed by atoms with E-state index in [-0.39, 0.29) is 6.04 Å². The molecule has 1 aliphatic carbocycles. The highest BCUT2D eigenvalue weighted by atomic mass is 35.5. The van der Waals surface area contributed by atoms with Gasteiger partial charge in [-0.25, -0.2) is 0 Å². The topological polar surface area (TPSA) is 20.3 Å². The Morgan fingerprint density at radius 1 is 1.35 bits per heavy atom. The number of hydrogen-bond acceptors (Lipinski definition) is 2. The average molecular weight is 252 g/mol. The first-order chi connectivity index (χ1) is 8.18. The number of carbonyl (C=O) groups excluding carboxylic acids is 1. The average Bonchev–Trinajstić information content (AvgIpc) is 2.32. The maximum atomic E-state index is 11.8. The van der Waals surface area contributed by atoms with Crippen LogP contribution in [0.15, 0.2) is 24.3 Å². The molecule has 0 heterocycles. The summed E-state index contributed by atoms with van der Waals surface area (Å²) in [5, 5.41) is 0.780. The van der Waals surface area contributed by atoms with Crippen LogP contribution in [0.3, 0.4) is 0 Å². The molecule has 17 heavy (non-hydrogen) atoms. The predicted octanol–water partition coefficient (Wildman–Crippen LogP) is 3.28. The largest absolute Gasteiger partial charge is 0.298 e. The fourth-order valence-electron chi connectivity index (χ4n) is 2.44. The minimum atomic E-state index is 0.0834.